The van der Waals surface area contributed by atoms with Crippen LogP contribution in [0.2, 0.25) is 0 Å². The van der Waals surface area contributed by atoms with E-state index < -0.39 is 17.6 Å². The molecule has 0 unspecified atom stereocenters. The monoisotopic (exact) mass is 498 g/mol. The summed E-state index contributed by atoms with van der Waals surface area (Å²) in [6.07, 6.45) is -1.47. The normalized spacial score (nSPS) is 11.2. The lowest BCUT2D eigenvalue weighted by molar-refractivity contribution is -0.137. The predicted octanol–water partition coefficient (Wildman–Crippen LogP) is 4.66. The molecule has 0 aliphatic rings. The molecule has 9 nitrogen and oxygen atoms in total. The molecule has 0 bridgehead atoms. The predicted molar refractivity (Wildman–Crippen MR) is 125 cm³/mol. The third-order valence-electron chi connectivity index (χ3n) is 5.03. The summed E-state index contributed by atoms with van der Waals surface area (Å²) in [5, 5.41) is 13.6. The van der Waals surface area contributed by atoms with E-state index in [4.69, 9.17) is 4.74 Å². The Balaban J connectivity index is 1.36. The standard InChI is InChI=1S/C24H21F3N6O3/c1-2-33-21(9-11-28-33)23(35)30-18-7-4-6-17(14-18)29-22(34)20-10-12-32(31-20)15-36-19-8-3-5-16(13-19)24(25,26)27/h3-14H,2,15H2,1H3,(H,29,34)(H,30,35). The zero-order valence-corrected chi connectivity index (χ0v) is 19.0. The van der Waals surface area contributed by atoms with E-state index >= 15 is 0 Å². The maximum absolute atomic E-state index is 12.8. The molecular weight excluding hydrogens is 477 g/mol. The number of anilines is 2. The molecule has 2 amide bonds. The van der Waals surface area contributed by atoms with Crippen LogP contribution in [0.15, 0.2) is 73.1 Å². The summed E-state index contributed by atoms with van der Waals surface area (Å²) in [5.41, 5.74) is 0.557. The largest absolute Gasteiger partial charge is 0.471 e. The van der Waals surface area contributed by atoms with Gasteiger partial charge in [0.2, 0.25) is 0 Å². The van der Waals surface area contributed by atoms with E-state index in [-0.39, 0.29) is 24.1 Å². The number of nitrogens with one attached hydrogen (secondary N) is 2. The van der Waals surface area contributed by atoms with Gasteiger partial charge in [-0.2, -0.15) is 23.4 Å². The van der Waals surface area contributed by atoms with Crippen LogP contribution in [0.4, 0.5) is 24.5 Å². The van der Waals surface area contributed by atoms with E-state index in [0.717, 1.165) is 12.1 Å². The van der Waals surface area contributed by atoms with Gasteiger partial charge in [0.15, 0.2) is 12.4 Å². The average molecular weight is 498 g/mol. The summed E-state index contributed by atoms with van der Waals surface area (Å²) >= 11 is 0. The second-order valence-electron chi connectivity index (χ2n) is 7.56. The molecule has 0 fully saturated rings. The fourth-order valence-electron chi connectivity index (χ4n) is 3.30. The quantitative estimate of drug-likeness (QED) is 0.368. The lowest BCUT2D eigenvalue weighted by atomic mass is 10.2. The number of carbonyl (C=O) groups excluding carboxylic acids is 2. The van der Waals surface area contributed by atoms with Crippen molar-refractivity contribution < 1.29 is 27.5 Å². The number of ether oxygens (including phenoxy) is 1. The Labute approximate surface area is 203 Å². The molecule has 0 aliphatic carbocycles. The van der Waals surface area contributed by atoms with Crippen molar-refractivity contribution in [1.82, 2.24) is 19.6 Å². The molecule has 12 heteroatoms. The summed E-state index contributed by atoms with van der Waals surface area (Å²) in [5.74, 6) is -0.829. The summed E-state index contributed by atoms with van der Waals surface area (Å²) in [6.45, 7) is 2.23. The van der Waals surface area contributed by atoms with Gasteiger partial charge < -0.3 is 15.4 Å². The van der Waals surface area contributed by atoms with Crippen molar-refractivity contribution in [2.75, 3.05) is 10.6 Å². The highest BCUT2D eigenvalue weighted by Gasteiger charge is 2.30. The minimum absolute atomic E-state index is 0.0205. The molecule has 4 aromatic rings. The number of hydrogen-bond acceptors (Lipinski definition) is 5. The number of halogens is 3. The van der Waals surface area contributed by atoms with Gasteiger partial charge in [-0.05, 0) is 55.5 Å². The first-order valence-corrected chi connectivity index (χ1v) is 10.8. The van der Waals surface area contributed by atoms with Gasteiger partial charge in [-0.25, -0.2) is 4.68 Å². The van der Waals surface area contributed by atoms with E-state index in [1.165, 1.54) is 29.1 Å². The number of aromatic nitrogens is 4. The van der Waals surface area contributed by atoms with Crippen LogP contribution < -0.4 is 15.4 Å². The number of carbonyl (C=O) groups is 2. The molecule has 2 aromatic heterocycles. The van der Waals surface area contributed by atoms with Gasteiger partial charge in [0.05, 0.1) is 5.56 Å². The minimum Gasteiger partial charge on any atom is -0.471 e. The number of nitrogens with zero attached hydrogens (tertiary/aromatic N) is 4. The number of benzene rings is 2. The summed E-state index contributed by atoms with van der Waals surface area (Å²) in [4.78, 5) is 25.1. The van der Waals surface area contributed by atoms with E-state index in [1.807, 2.05) is 6.92 Å². The van der Waals surface area contributed by atoms with Crippen molar-refractivity contribution in [3.63, 3.8) is 0 Å². The lowest BCUT2D eigenvalue weighted by Crippen LogP contribution is -2.18. The van der Waals surface area contributed by atoms with Gasteiger partial charge >= 0.3 is 6.18 Å². The Morgan fingerprint density at radius 3 is 2.42 bits per heavy atom. The first-order chi connectivity index (χ1) is 17.2. The highest BCUT2D eigenvalue weighted by Crippen LogP contribution is 2.31. The molecule has 2 aromatic carbocycles. The molecule has 0 spiro atoms. The third kappa shape index (κ3) is 5.90. The second-order valence-corrected chi connectivity index (χ2v) is 7.56. The molecular formula is C24H21F3N6O3. The number of aryl methyl sites for hydroxylation is 1. The highest BCUT2D eigenvalue weighted by atomic mass is 19.4. The number of rotatable bonds is 8. The maximum Gasteiger partial charge on any atom is 0.416 e. The molecule has 2 N–H and O–H groups in total. The first kappa shape index (κ1) is 24.5. The van der Waals surface area contributed by atoms with Crippen LogP contribution in [0.1, 0.15) is 33.5 Å². The van der Waals surface area contributed by atoms with Crippen LogP contribution in [0.5, 0.6) is 5.75 Å². The van der Waals surface area contributed by atoms with Crippen molar-refractivity contribution in [3.05, 3.63) is 90.0 Å². The van der Waals surface area contributed by atoms with Crippen LogP contribution in [-0.2, 0) is 19.5 Å². The number of amides is 2. The topological polar surface area (TPSA) is 103 Å². The molecule has 0 saturated heterocycles. The van der Waals surface area contributed by atoms with Crippen LogP contribution >= 0.6 is 0 Å². The highest BCUT2D eigenvalue weighted by molar-refractivity contribution is 6.05. The van der Waals surface area contributed by atoms with Gasteiger partial charge in [-0.1, -0.05) is 12.1 Å². The van der Waals surface area contributed by atoms with E-state index in [2.05, 4.69) is 20.8 Å². The van der Waals surface area contributed by atoms with Gasteiger partial charge in [0.1, 0.15) is 11.4 Å². The second kappa shape index (κ2) is 10.3. The van der Waals surface area contributed by atoms with Gasteiger partial charge in [0, 0.05) is 30.3 Å². The van der Waals surface area contributed by atoms with Gasteiger partial charge in [-0.15, -0.1) is 0 Å². The number of hydrogen-bond donors (Lipinski definition) is 2. The summed E-state index contributed by atoms with van der Waals surface area (Å²) < 4.78 is 46.7. The van der Waals surface area contributed by atoms with E-state index in [9.17, 15) is 22.8 Å². The van der Waals surface area contributed by atoms with E-state index in [0.29, 0.717) is 23.6 Å². The summed E-state index contributed by atoms with van der Waals surface area (Å²) in [7, 11) is 0. The molecule has 186 valence electrons. The Morgan fingerprint density at radius 1 is 0.972 bits per heavy atom. The van der Waals surface area contributed by atoms with Crippen molar-refractivity contribution in [2.45, 2.75) is 26.4 Å². The van der Waals surface area contributed by atoms with Crippen molar-refractivity contribution >= 4 is 23.2 Å². The van der Waals surface area contributed by atoms with Crippen LogP contribution in [-0.4, -0.2) is 31.4 Å². The molecule has 0 aliphatic heterocycles. The van der Waals surface area contributed by atoms with Crippen molar-refractivity contribution in [1.29, 1.82) is 0 Å². The Kier molecular flexibility index (Phi) is 7.04. The maximum atomic E-state index is 12.8. The van der Waals surface area contributed by atoms with Crippen molar-refractivity contribution in [3.8, 4) is 5.75 Å². The SMILES string of the molecule is CCn1nccc1C(=O)Nc1cccc(NC(=O)c2ccn(COc3cccc(C(F)(F)F)c3)n2)c1. The zero-order valence-electron chi connectivity index (χ0n) is 19.0. The summed E-state index contributed by atoms with van der Waals surface area (Å²) in [6, 6.07) is 14.1. The Bertz CT molecular complexity index is 1380. The number of alkyl halides is 3. The Morgan fingerprint density at radius 2 is 1.69 bits per heavy atom. The molecule has 0 saturated carbocycles. The smallest absolute Gasteiger partial charge is 0.416 e. The van der Waals surface area contributed by atoms with Gasteiger partial charge in [0.25, 0.3) is 11.8 Å². The average Bonchev–Trinajstić information content (AvgIpc) is 3.52. The molecule has 2 heterocycles. The zero-order chi connectivity index (χ0) is 25.7. The molecule has 0 atom stereocenters. The minimum atomic E-state index is -4.48. The first-order valence-electron chi connectivity index (χ1n) is 10.8. The van der Waals surface area contributed by atoms with Crippen molar-refractivity contribution in [2.24, 2.45) is 0 Å². The molecule has 4 rings (SSSR count). The van der Waals surface area contributed by atoms with Crippen LogP contribution in [0.25, 0.3) is 0 Å². The Hall–Kier alpha value is -4.61. The lowest BCUT2D eigenvalue weighted by Gasteiger charge is -2.10. The van der Waals surface area contributed by atoms with E-state index in [1.54, 1.807) is 41.2 Å². The third-order valence-corrected chi connectivity index (χ3v) is 5.03. The van der Waals surface area contributed by atoms with Crippen LogP contribution in [0, 0.1) is 0 Å². The fourth-order valence-corrected chi connectivity index (χ4v) is 3.30. The molecule has 0 radical (unpaired) electrons. The van der Waals surface area contributed by atoms with Crippen LogP contribution in [0.3, 0.4) is 0 Å². The molecule has 36 heavy (non-hydrogen) atoms. The fraction of sp³-hybridized carbons (Fsp3) is 0.167. The van der Waals surface area contributed by atoms with Gasteiger partial charge in [-0.3, -0.25) is 14.3 Å².